The highest BCUT2D eigenvalue weighted by Crippen LogP contribution is 2.31. The number of carboxylic acids is 1. The molecule has 2 aromatic rings. The van der Waals surface area contributed by atoms with Gasteiger partial charge < -0.3 is 19.9 Å². The average molecular weight is 336 g/mol. The second-order valence-corrected chi connectivity index (χ2v) is 4.93. The summed E-state index contributed by atoms with van der Waals surface area (Å²) in [5, 5.41) is 11.8. The molecule has 0 fully saturated rings. The molecule has 0 saturated heterocycles. The highest BCUT2D eigenvalue weighted by Gasteiger charge is 2.16. The van der Waals surface area contributed by atoms with Crippen LogP contribution in [0.2, 0.25) is 5.02 Å². The topological polar surface area (TPSA) is 84.9 Å². The predicted molar refractivity (Wildman–Crippen MR) is 85.9 cm³/mol. The van der Waals surface area contributed by atoms with Crippen LogP contribution in [0.1, 0.15) is 20.7 Å². The van der Waals surface area contributed by atoms with Gasteiger partial charge in [0.2, 0.25) is 0 Å². The number of anilines is 1. The predicted octanol–water partition coefficient (Wildman–Crippen LogP) is 3.31. The third kappa shape index (κ3) is 3.73. The van der Waals surface area contributed by atoms with Crippen molar-refractivity contribution in [2.45, 2.75) is 0 Å². The van der Waals surface area contributed by atoms with Gasteiger partial charge in [-0.1, -0.05) is 11.6 Å². The molecule has 7 heteroatoms. The van der Waals surface area contributed by atoms with E-state index in [1.165, 1.54) is 26.4 Å². The van der Waals surface area contributed by atoms with Gasteiger partial charge in [-0.15, -0.1) is 0 Å². The molecule has 0 aliphatic rings. The molecule has 0 atom stereocenters. The Morgan fingerprint density at radius 3 is 2.26 bits per heavy atom. The fourth-order valence-electron chi connectivity index (χ4n) is 1.92. The zero-order valence-corrected chi connectivity index (χ0v) is 13.2. The maximum atomic E-state index is 12.2. The first-order valence-electron chi connectivity index (χ1n) is 6.52. The van der Waals surface area contributed by atoms with Crippen LogP contribution in [0.3, 0.4) is 0 Å². The van der Waals surface area contributed by atoms with Gasteiger partial charge in [0, 0.05) is 11.6 Å². The zero-order valence-electron chi connectivity index (χ0n) is 12.4. The van der Waals surface area contributed by atoms with E-state index in [9.17, 15) is 9.59 Å². The number of benzene rings is 2. The third-order valence-electron chi connectivity index (χ3n) is 3.12. The molecule has 2 rings (SSSR count). The maximum Gasteiger partial charge on any atom is 0.339 e. The number of carbonyl (C=O) groups excluding carboxylic acids is 1. The molecule has 0 aromatic heterocycles. The quantitative estimate of drug-likeness (QED) is 0.875. The summed E-state index contributed by atoms with van der Waals surface area (Å²) in [6, 6.07) is 9.12. The number of amides is 1. The Labute approximate surface area is 137 Å². The van der Waals surface area contributed by atoms with E-state index in [1.54, 1.807) is 24.3 Å². The first-order valence-corrected chi connectivity index (χ1v) is 6.90. The van der Waals surface area contributed by atoms with Crippen molar-refractivity contribution in [1.29, 1.82) is 0 Å². The maximum absolute atomic E-state index is 12.2. The summed E-state index contributed by atoms with van der Waals surface area (Å²) in [6.45, 7) is 0. The molecule has 0 heterocycles. The molecule has 0 aliphatic carbocycles. The van der Waals surface area contributed by atoms with Crippen LogP contribution >= 0.6 is 11.6 Å². The van der Waals surface area contributed by atoms with Crippen molar-refractivity contribution in [2.75, 3.05) is 19.5 Å². The summed E-state index contributed by atoms with van der Waals surface area (Å²) in [5.74, 6) is -0.824. The van der Waals surface area contributed by atoms with Crippen molar-refractivity contribution < 1.29 is 24.2 Å². The number of aromatic carboxylic acids is 1. The van der Waals surface area contributed by atoms with Crippen LogP contribution in [-0.4, -0.2) is 31.2 Å². The summed E-state index contributed by atoms with van der Waals surface area (Å²) in [7, 11) is 2.87. The Hall–Kier alpha value is -2.73. The highest BCUT2D eigenvalue weighted by atomic mass is 35.5. The standard InChI is InChI=1S/C16H14ClNO5/c1-22-10-5-3-9(4-6-10)15(19)18-13-8-14(23-2)11(16(20)21)7-12(13)17/h3-8H,1-2H3,(H,18,19)(H,20,21). The lowest BCUT2D eigenvalue weighted by molar-refractivity contribution is 0.0693. The van der Waals surface area contributed by atoms with Crippen LogP contribution in [-0.2, 0) is 0 Å². The van der Waals surface area contributed by atoms with Gasteiger partial charge in [0.1, 0.15) is 17.1 Å². The number of ether oxygens (including phenoxy) is 2. The van der Waals surface area contributed by atoms with Crippen LogP contribution in [0.25, 0.3) is 0 Å². The van der Waals surface area contributed by atoms with Crippen molar-refractivity contribution in [3.05, 3.63) is 52.5 Å². The largest absolute Gasteiger partial charge is 0.497 e. The van der Waals surface area contributed by atoms with E-state index < -0.39 is 5.97 Å². The number of rotatable bonds is 5. The molecule has 0 aliphatic heterocycles. The summed E-state index contributed by atoms with van der Waals surface area (Å²) in [6.07, 6.45) is 0. The Bertz CT molecular complexity index is 743. The second kappa shape index (κ2) is 7.02. The molecule has 0 radical (unpaired) electrons. The normalized spacial score (nSPS) is 10.0. The molecule has 6 nitrogen and oxygen atoms in total. The number of carboxylic acid groups (broad SMARTS) is 1. The van der Waals surface area contributed by atoms with Gasteiger partial charge in [-0.2, -0.15) is 0 Å². The minimum atomic E-state index is -1.17. The van der Waals surface area contributed by atoms with Crippen LogP contribution in [0.15, 0.2) is 36.4 Å². The Morgan fingerprint density at radius 2 is 1.74 bits per heavy atom. The van der Waals surface area contributed by atoms with E-state index in [0.717, 1.165) is 0 Å². The van der Waals surface area contributed by atoms with Crippen molar-refractivity contribution >= 4 is 29.2 Å². The fraction of sp³-hybridized carbons (Fsp3) is 0.125. The number of hydrogen-bond donors (Lipinski definition) is 2. The van der Waals surface area contributed by atoms with Gasteiger partial charge in [0.05, 0.1) is 24.9 Å². The number of methoxy groups -OCH3 is 2. The Kier molecular flexibility index (Phi) is 5.08. The van der Waals surface area contributed by atoms with Gasteiger partial charge in [-0.05, 0) is 30.3 Å². The second-order valence-electron chi connectivity index (χ2n) is 4.52. The number of carbonyl (C=O) groups is 2. The highest BCUT2D eigenvalue weighted by molar-refractivity contribution is 6.34. The molecule has 0 saturated carbocycles. The van der Waals surface area contributed by atoms with Gasteiger partial charge in [-0.25, -0.2) is 4.79 Å². The minimum absolute atomic E-state index is 0.0834. The fourth-order valence-corrected chi connectivity index (χ4v) is 2.13. The van der Waals surface area contributed by atoms with E-state index in [-0.39, 0.29) is 27.9 Å². The monoisotopic (exact) mass is 335 g/mol. The molecule has 120 valence electrons. The lowest BCUT2D eigenvalue weighted by Crippen LogP contribution is -2.13. The number of hydrogen-bond acceptors (Lipinski definition) is 4. The summed E-state index contributed by atoms with van der Waals surface area (Å²) in [4.78, 5) is 23.3. The van der Waals surface area contributed by atoms with Crippen molar-refractivity contribution in [3.8, 4) is 11.5 Å². The van der Waals surface area contributed by atoms with Gasteiger partial charge in [0.25, 0.3) is 5.91 Å². The van der Waals surface area contributed by atoms with Crippen LogP contribution < -0.4 is 14.8 Å². The molecule has 0 bridgehead atoms. The molecule has 0 unspecified atom stereocenters. The summed E-state index contributed by atoms with van der Waals surface area (Å²) >= 11 is 6.03. The lowest BCUT2D eigenvalue weighted by atomic mass is 10.1. The van der Waals surface area contributed by atoms with Gasteiger partial charge in [0.15, 0.2) is 0 Å². The van der Waals surface area contributed by atoms with E-state index in [0.29, 0.717) is 11.3 Å². The van der Waals surface area contributed by atoms with Crippen LogP contribution in [0.5, 0.6) is 11.5 Å². The zero-order chi connectivity index (χ0) is 17.0. The smallest absolute Gasteiger partial charge is 0.339 e. The summed E-state index contributed by atoms with van der Waals surface area (Å²) < 4.78 is 10.0. The number of nitrogens with one attached hydrogen (secondary N) is 1. The molecular weight excluding hydrogens is 322 g/mol. The Morgan fingerprint density at radius 1 is 1.09 bits per heavy atom. The minimum Gasteiger partial charge on any atom is -0.497 e. The van der Waals surface area contributed by atoms with E-state index in [4.69, 9.17) is 26.2 Å². The van der Waals surface area contributed by atoms with Gasteiger partial charge >= 0.3 is 5.97 Å². The average Bonchev–Trinajstić information content (AvgIpc) is 2.56. The Balaban J connectivity index is 2.28. The van der Waals surface area contributed by atoms with Crippen LogP contribution in [0, 0.1) is 0 Å². The molecule has 0 spiro atoms. The first-order chi connectivity index (χ1) is 11.0. The molecular formula is C16H14ClNO5. The summed E-state index contributed by atoms with van der Waals surface area (Å²) in [5.41, 5.74) is 0.581. The third-order valence-corrected chi connectivity index (χ3v) is 3.43. The van der Waals surface area contributed by atoms with Crippen molar-refractivity contribution in [3.63, 3.8) is 0 Å². The van der Waals surface area contributed by atoms with Crippen molar-refractivity contribution in [2.24, 2.45) is 0 Å². The molecule has 23 heavy (non-hydrogen) atoms. The molecule has 1 amide bonds. The van der Waals surface area contributed by atoms with E-state index in [1.807, 2.05) is 0 Å². The SMILES string of the molecule is COc1ccc(C(=O)Nc2cc(OC)c(C(=O)O)cc2Cl)cc1. The van der Waals surface area contributed by atoms with E-state index >= 15 is 0 Å². The molecule has 2 N–H and O–H groups in total. The van der Waals surface area contributed by atoms with Crippen molar-refractivity contribution in [1.82, 2.24) is 0 Å². The number of halogens is 1. The first kappa shape index (κ1) is 16.6. The molecule has 2 aromatic carbocycles. The van der Waals surface area contributed by atoms with Gasteiger partial charge in [-0.3, -0.25) is 4.79 Å². The van der Waals surface area contributed by atoms with Crippen LogP contribution in [0.4, 0.5) is 5.69 Å². The lowest BCUT2D eigenvalue weighted by Gasteiger charge is -2.12. The van der Waals surface area contributed by atoms with E-state index in [2.05, 4.69) is 5.32 Å².